The van der Waals surface area contributed by atoms with Gasteiger partial charge in [0.1, 0.15) is 5.01 Å². The first-order valence-corrected chi connectivity index (χ1v) is 6.87. The third-order valence-corrected chi connectivity index (χ3v) is 3.49. The van der Waals surface area contributed by atoms with E-state index in [1.807, 2.05) is 38.1 Å². The quantitative estimate of drug-likeness (QED) is 0.871. The maximum absolute atomic E-state index is 11.7. The van der Waals surface area contributed by atoms with Gasteiger partial charge in [0.15, 0.2) is 0 Å². The van der Waals surface area contributed by atoms with Crippen molar-refractivity contribution in [2.24, 2.45) is 0 Å². The molecule has 0 aliphatic carbocycles. The van der Waals surface area contributed by atoms with Crippen LogP contribution >= 0.6 is 11.3 Å². The summed E-state index contributed by atoms with van der Waals surface area (Å²) in [5.41, 5.74) is 2.19. The molecule has 0 aliphatic rings. The van der Waals surface area contributed by atoms with E-state index < -0.39 is 0 Å². The van der Waals surface area contributed by atoms with Gasteiger partial charge in [0.25, 0.3) is 0 Å². The Labute approximate surface area is 116 Å². The van der Waals surface area contributed by atoms with Gasteiger partial charge in [-0.15, -0.1) is 10.2 Å². The highest BCUT2D eigenvalue weighted by Crippen LogP contribution is 2.15. The van der Waals surface area contributed by atoms with Crippen LogP contribution in [0.3, 0.4) is 0 Å². The van der Waals surface area contributed by atoms with Crippen molar-refractivity contribution in [1.82, 2.24) is 10.2 Å². The predicted molar refractivity (Wildman–Crippen MR) is 78.1 cm³/mol. The van der Waals surface area contributed by atoms with Crippen molar-refractivity contribution in [1.29, 1.82) is 0 Å². The summed E-state index contributed by atoms with van der Waals surface area (Å²) in [6, 6.07) is 7.96. The highest BCUT2D eigenvalue weighted by atomic mass is 32.1. The van der Waals surface area contributed by atoms with E-state index in [2.05, 4.69) is 15.5 Å². The standard InChI is InChI=1S/C14H15N3OS/c1-3-13-16-17-14(19-13)15-12(18)9-8-11-6-4-10(2)5-7-11/h4-9H,3H2,1-2H3,(H,15,17,18)/b9-8+. The predicted octanol–water partition coefficient (Wildman–Crippen LogP) is 3.06. The molecule has 98 valence electrons. The van der Waals surface area contributed by atoms with E-state index >= 15 is 0 Å². The first-order valence-electron chi connectivity index (χ1n) is 6.05. The lowest BCUT2D eigenvalue weighted by Crippen LogP contribution is -2.07. The van der Waals surface area contributed by atoms with Gasteiger partial charge in [-0.05, 0) is 25.0 Å². The largest absolute Gasteiger partial charge is 0.297 e. The van der Waals surface area contributed by atoms with Gasteiger partial charge in [0.2, 0.25) is 11.0 Å². The second-order valence-electron chi connectivity index (χ2n) is 4.09. The summed E-state index contributed by atoms with van der Waals surface area (Å²) < 4.78 is 0. The van der Waals surface area contributed by atoms with Crippen molar-refractivity contribution in [2.75, 3.05) is 5.32 Å². The first kappa shape index (κ1) is 13.4. The number of aryl methyl sites for hydroxylation is 2. The van der Waals surface area contributed by atoms with Crippen molar-refractivity contribution in [3.8, 4) is 0 Å². The molecular weight excluding hydrogens is 258 g/mol. The maximum Gasteiger partial charge on any atom is 0.250 e. The van der Waals surface area contributed by atoms with Gasteiger partial charge >= 0.3 is 0 Å². The molecule has 0 saturated heterocycles. The lowest BCUT2D eigenvalue weighted by atomic mass is 10.1. The van der Waals surface area contributed by atoms with E-state index in [1.165, 1.54) is 23.0 Å². The Morgan fingerprint density at radius 2 is 2.05 bits per heavy atom. The summed E-state index contributed by atoms with van der Waals surface area (Å²) in [4.78, 5) is 11.7. The van der Waals surface area contributed by atoms with Crippen molar-refractivity contribution < 1.29 is 4.79 Å². The Bertz CT molecular complexity index is 587. The zero-order chi connectivity index (χ0) is 13.7. The lowest BCUT2D eigenvalue weighted by Gasteiger charge is -1.96. The third kappa shape index (κ3) is 3.99. The van der Waals surface area contributed by atoms with Crippen LogP contribution in [0.5, 0.6) is 0 Å². The fourth-order valence-electron chi connectivity index (χ4n) is 1.44. The third-order valence-electron chi connectivity index (χ3n) is 2.50. The van der Waals surface area contributed by atoms with Crippen LogP contribution in [0.1, 0.15) is 23.1 Å². The molecule has 1 heterocycles. The molecule has 2 rings (SSSR count). The summed E-state index contributed by atoms with van der Waals surface area (Å²) >= 11 is 1.40. The molecule has 19 heavy (non-hydrogen) atoms. The smallest absolute Gasteiger partial charge is 0.250 e. The molecule has 0 unspecified atom stereocenters. The average molecular weight is 273 g/mol. The van der Waals surface area contributed by atoms with Crippen LogP contribution in [-0.2, 0) is 11.2 Å². The molecule has 0 radical (unpaired) electrons. The number of rotatable bonds is 4. The summed E-state index contributed by atoms with van der Waals surface area (Å²) in [6.07, 6.45) is 4.10. The number of nitrogens with one attached hydrogen (secondary N) is 1. The Morgan fingerprint density at radius 3 is 2.68 bits per heavy atom. The van der Waals surface area contributed by atoms with Gasteiger partial charge < -0.3 is 0 Å². The molecule has 0 bridgehead atoms. The molecule has 1 aromatic carbocycles. The Kier molecular flexibility index (Phi) is 4.41. The minimum Gasteiger partial charge on any atom is -0.297 e. The van der Waals surface area contributed by atoms with E-state index in [-0.39, 0.29) is 5.91 Å². The second kappa shape index (κ2) is 6.24. The van der Waals surface area contributed by atoms with Gasteiger partial charge in [0, 0.05) is 6.08 Å². The number of carbonyl (C=O) groups excluding carboxylic acids is 1. The number of hydrogen-bond donors (Lipinski definition) is 1. The van der Waals surface area contributed by atoms with Crippen molar-refractivity contribution in [2.45, 2.75) is 20.3 Å². The number of anilines is 1. The minimum atomic E-state index is -0.195. The number of aromatic nitrogens is 2. The van der Waals surface area contributed by atoms with E-state index in [9.17, 15) is 4.79 Å². The van der Waals surface area contributed by atoms with E-state index in [1.54, 1.807) is 6.08 Å². The Balaban J connectivity index is 1.95. The Hall–Kier alpha value is -2.01. The maximum atomic E-state index is 11.7. The van der Waals surface area contributed by atoms with Crippen molar-refractivity contribution in [3.63, 3.8) is 0 Å². The summed E-state index contributed by atoms with van der Waals surface area (Å²) in [6.45, 7) is 4.03. The summed E-state index contributed by atoms with van der Waals surface area (Å²) in [7, 11) is 0. The summed E-state index contributed by atoms with van der Waals surface area (Å²) in [5, 5.41) is 12.0. The molecule has 2 aromatic rings. The van der Waals surface area contributed by atoms with Gasteiger partial charge in [-0.3, -0.25) is 10.1 Å². The molecule has 0 atom stereocenters. The number of carbonyl (C=O) groups is 1. The topological polar surface area (TPSA) is 54.9 Å². The van der Waals surface area contributed by atoms with Crippen LogP contribution in [0.15, 0.2) is 30.3 Å². The van der Waals surface area contributed by atoms with Crippen molar-refractivity contribution in [3.05, 3.63) is 46.5 Å². The minimum absolute atomic E-state index is 0.195. The van der Waals surface area contributed by atoms with Gasteiger partial charge in [-0.1, -0.05) is 48.1 Å². The normalized spacial score (nSPS) is 10.8. The van der Waals surface area contributed by atoms with Crippen LogP contribution in [0, 0.1) is 6.92 Å². The van der Waals surface area contributed by atoms with Gasteiger partial charge in [-0.2, -0.15) is 0 Å². The highest BCUT2D eigenvalue weighted by molar-refractivity contribution is 7.15. The lowest BCUT2D eigenvalue weighted by molar-refractivity contribution is -0.111. The number of benzene rings is 1. The fourth-order valence-corrected chi connectivity index (χ4v) is 2.13. The van der Waals surface area contributed by atoms with Crippen LogP contribution in [0.2, 0.25) is 0 Å². The van der Waals surface area contributed by atoms with Crippen molar-refractivity contribution >= 4 is 28.5 Å². The highest BCUT2D eigenvalue weighted by Gasteiger charge is 2.04. The van der Waals surface area contributed by atoms with Gasteiger partial charge in [0.05, 0.1) is 0 Å². The first-order chi connectivity index (χ1) is 9.17. The molecule has 0 aliphatic heterocycles. The monoisotopic (exact) mass is 273 g/mol. The second-order valence-corrected chi connectivity index (χ2v) is 5.15. The zero-order valence-electron chi connectivity index (χ0n) is 10.9. The van der Waals surface area contributed by atoms with E-state index in [4.69, 9.17) is 0 Å². The number of amides is 1. The molecule has 4 nitrogen and oxygen atoms in total. The Morgan fingerprint density at radius 1 is 1.32 bits per heavy atom. The molecule has 5 heteroatoms. The number of hydrogen-bond acceptors (Lipinski definition) is 4. The molecule has 0 spiro atoms. The average Bonchev–Trinajstić information content (AvgIpc) is 2.86. The summed E-state index contributed by atoms with van der Waals surface area (Å²) in [5.74, 6) is -0.195. The van der Waals surface area contributed by atoms with Crippen LogP contribution in [0.25, 0.3) is 6.08 Å². The van der Waals surface area contributed by atoms with Crippen LogP contribution in [0.4, 0.5) is 5.13 Å². The van der Waals surface area contributed by atoms with E-state index in [0.29, 0.717) is 5.13 Å². The fraction of sp³-hybridized carbons (Fsp3) is 0.214. The number of nitrogens with zero attached hydrogens (tertiary/aromatic N) is 2. The molecular formula is C14H15N3OS. The van der Waals surface area contributed by atoms with Crippen LogP contribution in [-0.4, -0.2) is 16.1 Å². The van der Waals surface area contributed by atoms with E-state index in [0.717, 1.165) is 17.0 Å². The van der Waals surface area contributed by atoms with Gasteiger partial charge in [-0.25, -0.2) is 0 Å². The van der Waals surface area contributed by atoms with Crippen LogP contribution < -0.4 is 5.32 Å². The molecule has 0 saturated carbocycles. The molecule has 1 amide bonds. The SMILES string of the molecule is CCc1nnc(NC(=O)/C=C/c2ccc(C)cc2)s1. The molecule has 0 fully saturated rings. The molecule has 1 N–H and O–H groups in total. The zero-order valence-corrected chi connectivity index (χ0v) is 11.7. The molecule has 1 aromatic heterocycles.